The quantitative estimate of drug-likeness (QED) is 0.413. The van der Waals surface area contributed by atoms with Crippen LogP contribution in [-0.2, 0) is 23.9 Å². The second-order valence-corrected chi connectivity index (χ2v) is 8.83. The van der Waals surface area contributed by atoms with Crippen molar-refractivity contribution in [2.45, 2.75) is 12.1 Å². The number of fused-ring (bicyclic) bond motifs is 2. The molecule has 0 spiro atoms. The van der Waals surface area contributed by atoms with Gasteiger partial charge in [-0.3, -0.25) is 14.9 Å². The van der Waals surface area contributed by atoms with Gasteiger partial charge in [0.05, 0.1) is 20.0 Å². The molecule has 1 unspecified atom stereocenters. The van der Waals surface area contributed by atoms with Crippen LogP contribution in [0.1, 0.15) is 21.5 Å². The predicted octanol–water partition coefficient (Wildman–Crippen LogP) is 1.73. The van der Waals surface area contributed by atoms with Crippen LogP contribution in [0, 0.1) is 0 Å². The third-order valence-corrected chi connectivity index (χ3v) is 6.71. The van der Waals surface area contributed by atoms with E-state index in [0.717, 1.165) is 11.1 Å². The van der Waals surface area contributed by atoms with Gasteiger partial charge in [0.2, 0.25) is 0 Å². The second kappa shape index (κ2) is 7.87. The summed E-state index contributed by atoms with van der Waals surface area (Å²) >= 11 is 0. The van der Waals surface area contributed by atoms with E-state index in [4.69, 9.17) is 4.74 Å². The zero-order valence-corrected chi connectivity index (χ0v) is 19.5. The lowest BCUT2D eigenvalue weighted by Crippen LogP contribution is -2.52. The molecule has 2 N–H and O–H groups in total. The Morgan fingerprint density at radius 2 is 1.86 bits per heavy atom. The zero-order chi connectivity index (χ0) is 25.0. The van der Waals surface area contributed by atoms with Crippen LogP contribution in [0.4, 0.5) is 4.79 Å². The molecule has 4 aromatic rings. The number of imidazole rings is 1. The first-order chi connectivity index (χ1) is 17.4. The van der Waals surface area contributed by atoms with Crippen LogP contribution < -0.4 is 15.4 Å². The largest absolute Gasteiger partial charge is 0.497 e. The maximum absolute atomic E-state index is 13.2. The first kappa shape index (κ1) is 21.7. The van der Waals surface area contributed by atoms with E-state index in [9.17, 15) is 14.4 Å². The number of nitrogens with one attached hydrogen (secondary N) is 2. The third kappa shape index (κ3) is 3.20. The van der Waals surface area contributed by atoms with Crippen molar-refractivity contribution < 1.29 is 19.1 Å². The number of carbonyl (C=O) groups is 3. The molecule has 0 aliphatic carbocycles. The molecule has 2 aromatic heterocycles. The van der Waals surface area contributed by atoms with Crippen LogP contribution in [0.15, 0.2) is 55.1 Å². The van der Waals surface area contributed by atoms with Crippen molar-refractivity contribution in [3.05, 3.63) is 71.8 Å². The SMILES string of the molecule is COc1ccc2c(c1)C(=O)N(CC1(c3ccc(-c4ncnc5c4ncn5C)cc3)NC(=O)NC1=O)C2. The standard InChI is InChI=1S/C25H21N7O4/c1-31-13-28-20-19(26-12-27-21(20)31)14-3-6-16(7-4-14)25(23(34)29-24(35)30-25)11-32-10-15-5-8-17(36-2)9-18(15)22(32)33/h3-9,12-13H,10-11H2,1-2H3,(H2,29,30,34,35). The maximum atomic E-state index is 13.2. The number of ether oxygens (including phenoxy) is 1. The van der Waals surface area contributed by atoms with Crippen molar-refractivity contribution in [1.82, 2.24) is 35.1 Å². The van der Waals surface area contributed by atoms with E-state index in [-0.39, 0.29) is 12.5 Å². The number of aryl methyl sites for hydroxylation is 1. The van der Waals surface area contributed by atoms with Crippen LogP contribution >= 0.6 is 0 Å². The summed E-state index contributed by atoms with van der Waals surface area (Å²) in [5.41, 5.74) is 3.25. The Kier molecular flexibility index (Phi) is 4.75. The molecular weight excluding hydrogens is 462 g/mol. The average Bonchev–Trinajstić information content (AvgIpc) is 3.52. The molecule has 11 heteroatoms. The highest BCUT2D eigenvalue weighted by Crippen LogP contribution is 2.34. The first-order valence-electron chi connectivity index (χ1n) is 11.2. The van der Waals surface area contributed by atoms with Crippen molar-refractivity contribution in [3.63, 3.8) is 0 Å². The first-order valence-corrected chi connectivity index (χ1v) is 11.2. The van der Waals surface area contributed by atoms with Gasteiger partial charge < -0.3 is 19.5 Å². The van der Waals surface area contributed by atoms with Gasteiger partial charge in [0, 0.05) is 24.7 Å². The molecule has 36 heavy (non-hydrogen) atoms. The summed E-state index contributed by atoms with van der Waals surface area (Å²) in [4.78, 5) is 53.2. The average molecular weight is 483 g/mol. The van der Waals surface area contributed by atoms with Gasteiger partial charge in [-0.25, -0.2) is 19.7 Å². The van der Waals surface area contributed by atoms with Crippen LogP contribution in [0.25, 0.3) is 22.4 Å². The van der Waals surface area contributed by atoms with Gasteiger partial charge >= 0.3 is 6.03 Å². The number of hydrogen-bond donors (Lipinski definition) is 2. The Labute approximate surface area is 205 Å². The fraction of sp³-hybridized carbons (Fsp3) is 0.200. The number of methoxy groups -OCH3 is 1. The van der Waals surface area contributed by atoms with E-state index in [0.29, 0.717) is 40.3 Å². The van der Waals surface area contributed by atoms with Gasteiger partial charge in [0.15, 0.2) is 11.2 Å². The van der Waals surface area contributed by atoms with E-state index in [1.54, 1.807) is 35.5 Å². The minimum absolute atomic E-state index is 0.0300. The Morgan fingerprint density at radius 3 is 2.58 bits per heavy atom. The molecular formula is C25H21N7O4. The lowest BCUT2D eigenvalue weighted by molar-refractivity contribution is -0.124. The number of carbonyl (C=O) groups excluding carboxylic acids is 3. The molecule has 0 saturated carbocycles. The number of aromatic nitrogens is 4. The highest BCUT2D eigenvalue weighted by Gasteiger charge is 2.50. The van der Waals surface area contributed by atoms with Gasteiger partial charge in [0.1, 0.15) is 23.3 Å². The number of nitrogens with zero attached hydrogens (tertiary/aromatic N) is 5. The van der Waals surface area contributed by atoms with Crippen molar-refractivity contribution in [2.24, 2.45) is 7.05 Å². The molecule has 4 amide bonds. The molecule has 1 saturated heterocycles. The molecule has 2 aliphatic heterocycles. The van der Waals surface area contributed by atoms with Gasteiger partial charge in [0.25, 0.3) is 11.8 Å². The Hall–Kier alpha value is -4.80. The fourth-order valence-electron chi connectivity index (χ4n) is 4.85. The van der Waals surface area contributed by atoms with Crippen molar-refractivity contribution in [1.29, 1.82) is 0 Å². The van der Waals surface area contributed by atoms with Crippen LogP contribution in [0.5, 0.6) is 5.75 Å². The molecule has 1 fully saturated rings. The topological polar surface area (TPSA) is 131 Å². The summed E-state index contributed by atoms with van der Waals surface area (Å²) in [7, 11) is 3.39. The van der Waals surface area contributed by atoms with Gasteiger partial charge in [-0.05, 0) is 23.3 Å². The number of rotatable bonds is 5. The summed E-state index contributed by atoms with van der Waals surface area (Å²) in [6.45, 7) is 0.289. The number of benzene rings is 2. The van der Waals surface area contributed by atoms with Crippen LogP contribution in [0.3, 0.4) is 0 Å². The zero-order valence-electron chi connectivity index (χ0n) is 19.5. The van der Waals surface area contributed by atoms with Crippen LogP contribution in [0.2, 0.25) is 0 Å². The highest BCUT2D eigenvalue weighted by molar-refractivity contribution is 6.08. The maximum Gasteiger partial charge on any atom is 0.322 e. The van der Waals surface area contributed by atoms with Gasteiger partial charge in [-0.1, -0.05) is 30.3 Å². The smallest absolute Gasteiger partial charge is 0.322 e. The van der Waals surface area contributed by atoms with E-state index in [1.165, 1.54) is 13.4 Å². The Bertz CT molecular complexity index is 1560. The molecule has 6 rings (SSSR count). The van der Waals surface area contributed by atoms with E-state index < -0.39 is 17.5 Å². The molecule has 180 valence electrons. The number of urea groups is 1. The van der Waals surface area contributed by atoms with E-state index in [2.05, 4.69) is 25.6 Å². The molecule has 2 aliphatic rings. The van der Waals surface area contributed by atoms with Crippen molar-refractivity contribution in [2.75, 3.05) is 13.7 Å². The van der Waals surface area contributed by atoms with E-state index in [1.807, 2.05) is 29.8 Å². The summed E-state index contributed by atoms with van der Waals surface area (Å²) in [5, 5.41) is 5.09. The fourth-order valence-corrected chi connectivity index (χ4v) is 4.85. The number of amides is 4. The summed E-state index contributed by atoms with van der Waals surface area (Å²) in [5.74, 6) is -0.170. The Balaban J connectivity index is 1.35. The molecule has 2 aromatic carbocycles. The summed E-state index contributed by atoms with van der Waals surface area (Å²) in [6.07, 6.45) is 3.15. The second-order valence-electron chi connectivity index (χ2n) is 8.83. The van der Waals surface area contributed by atoms with Crippen molar-refractivity contribution in [3.8, 4) is 17.0 Å². The predicted molar refractivity (Wildman–Crippen MR) is 128 cm³/mol. The summed E-state index contributed by atoms with van der Waals surface area (Å²) in [6, 6.07) is 11.9. The van der Waals surface area contributed by atoms with Crippen molar-refractivity contribution >= 4 is 29.0 Å². The van der Waals surface area contributed by atoms with Gasteiger partial charge in [-0.15, -0.1) is 0 Å². The molecule has 0 radical (unpaired) electrons. The molecule has 1 atom stereocenters. The normalized spacial score (nSPS) is 18.9. The molecule has 0 bridgehead atoms. The molecule has 4 heterocycles. The van der Waals surface area contributed by atoms with E-state index >= 15 is 0 Å². The Morgan fingerprint density at radius 1 is 1.06 bits per heavy atom. The monoisotopic (exact) mass is 483 g/mol. The third-order valence-electron chi connectivity index (χ3n) is 6.71. The van der Waals surface area contributed by atoms with Crippen LogP contribution in [-0.4, -0.2) is 55.9 Å². The number of imide groups is 1. The minimum atomic E-state index is -1.44. The minimum Gasteiger partial charge on any atom is -0.497 e. The highest BCUT2D eigenvalue weighted by atomic mass is 16.5. The molecule has 11 nitrogen and oxygen atoms in total. The van der Waals surface area contributed by atoms with Gasteiger partial charge in [-0.2, -0.15) is 0 Å². The summed E-state index contributed by atoms with van der Waals surface area (Å²) < 4.78 is 7.05. The number of hydrogen-bond acceptors (Lipinski definition) is 7. The lowest BCUT2D eigenvalue weighted by Gasteiger charge is -2.31. The lowest BCUT2D eigenvalue weighted by atomic mass is 9.88.